The van der Waals surface area contributed by atoms with Crippen LogP contribution in [0.4, 0.5) is 0 Å². The Morgan fingerprint density at radius 1 is 1.22 bits per heavy atom. The molecule has 1 atom stereocenters. The van der Waals surface area contributed by atoms with Crippen molar-refractivity contribution in [2.75, 3.05) is 7.11 Å². The second-order valence-electron chi connectivity index (χ2n) is 7.24. The molecule has 1 aromatic rings. The lowest BCUT2D eigenvalue weighted by molar-refractivity contribution is -0.144. The maximum absolute atomic E-state index is 12.9. The van der Waals surface area contributed by atoms with Crippen molar-refractivity contribution in [1.29, 1.82) is 0 Å². The molecule has 0 unspecified atom stereocenters. The predicted octanol–water partition coefficient (Wildman–Crippen LogP) is 1.63. The third-order valence-corrected chi connectivity index (χ3v) is 5.01. The molecule has 7 nitrogen and oxygen atoms in total. The van der Waals surface area contributed by atoms with Gasteiger partial charge in [0.2, 0.25) is 0 Å². The fourth-order valence-electron chi connectivity index (χ4n) is 3.51. The number of rotatable bonds is 6. The van der Waals surface area contributed by atoms with Crippen LogP contribution in [0.3, 0.4) is 0 Å². The Balaban J connectivity index is 2.46. The van der Waals surface area contributed by atoms with Crippen molar-refractivity contribution >= 4 is 18.2 Å². The van der Waals surface area contributed by atoms with Crippen LogP contribution >= 0.6 is 0 Å². The van der Waals surface area contributed by atoms with Gasteiger partial charge < -0.3 is 19.4 Å². The van der Waals surface area contributed by atoms with Crippen LogP contribution < -0.4 is 10.9 Å². The highest BCUT2D eigenvalue weighted by Crippen LogP contribution is 2.20. The quantitative estimate of drug-likeness (QED) is 0.602. The third kappa shape index (κ3) is 4.84. The molecule has 1 aromatic heterocycles. The summed E-state index contributed by atoms with van der Waals surface area (Å²) < 4.78 is 6.15. The van der Waals surface area contributed by atoms with Gasteiger partial charge in [-0.25, -0.2) is 4.79 Å². The van der Waals surface area contributed by atoms with Gasteiger partial charge in [0.05, 0.1) is 13.7 Å². The zero-order valence-corrected chi connectivity index (χ0v) is 16.2. The number of hydrogen-bond acceptors (Lipinski definition) is 5. The number of nitrogens with zero attached hydrogens (tertiary/aromatic N) is 1. The average Bonchev–Trinajstić information content (AvgIpc) is 2.62. The van der Waals surface area contributed by atoms with Gasteiger partial charge in [-0.2, -0.15) is 0 Å². The number of ether oxygens (including phenoxy) is 1. The van der Waals surface area contributed by atoms with Crippen LogP contribution in [0.15, 0.2) is 10.9 Å². The van der Waals surface area contributed by atoms with E-state index < -0.39 is 23.5 Å². The zero-order valence-electron chi connectivity index (χ0n) is 16.2. The number of carbonyl (C=O) groups is 3. The molecule has 2 rings (SSSR count). The molecule has 1 aliphatic rings. The minimum absolute atomic E-state index is 0.0364. The summed E-state index contributed by atoms with van der Waals surface area (Å²) in [5.74, 6) is -1.37. The van der Waals surface area contributed by atoms with Gasteiger partial charge in [0.15, 0.2) is 0 Å². The van der Waals surface area contributed by atoms with Crippen molar-refractivity contribution in [3.8, 4) is 0 Å². The van der Waals surface area contributed by atoms with Gasteiger partial charge in [-0.15, -0.1) is 0 Å². The van der Waals surface area contributed by atoms with Gasteiger partial charge in [0.25, 0.3) is 11.5 Å². The smallest absolute Gasteiger partial charge is 0.328 e. The number of aryl methyl sites for hydroxylation is 1. The monoisotopic (exact) mass is 376 g/mol. The molecule has 27 heavy (non-hydrogen) atoms. The predicted molar refractivity (Wildman–Crippen MR) is 101 cm³/mol. The van der Waals surface area contributed by atoms with Crippen molar-refractivity contribution in [1.82, 2.24) is 9.88 Å². The summed E-state index contributed by atoms with van der Waals surface area (Å²) in [5, 5.41) is 2.61. The number of methoxy groups -OCH3 is 1. The van der Waals surface area contributed by atoms with Crippen LogP contribution in [-0.2, 0) is 33.7 Å². The Labute approximate surface area is 159 Å². The molecule has 0 bridgehead atoms. The summed E-state index contributed by atoms with van der Waals surface area (Å²) in [6.45, 7) is 3.49. The molecule has 0 aliphatic heterocycles. The van der Waals surface area contributed by atoms with E-state index in [2.05, 4.69) is 5.32 Å². The van der Waals surface area contributed by atoms with E-state index in [-0.39, 0.29) is 18.0 Å². The molecule has 148 valence electrons. The van der Waals surface area contributed by atoms with Crippen LogP contribution in [-0.4, -0.2) is 35.9 Å². The van der Waals surface area contributed by atoms with Crippen LogP contribution in [0.2, 0.25) is 0 Å². The van der Waals surface area contributed by atoms with Crippen molar-refractivity contribution in [2.24, 2.45) is 5.92 Å². The highest BCUT2D eigenvalue weighted by molar-refractivity contribution is 5.96. The minimum Gasteiger partial charge on any atom is -0.467 e. The van der Waals surface area contributed by atoms with Gasteiger partial charge in [0, 0.05) is 5.69 Å². The number of hydrogen-bond donors (Lipinski definition) is 1. The number of pyridine rings is 1. The van der Waals surface area contributed by atoms with Crippen molar-refractivity contribution in [3.05, 3.63) is 33.2 Å². The molecule has 0 fully saturated rings. The summed E-state index contributed by atoms with van der Waals surface area (Å²) in [7, 11) is 1.26. The molecule has 1 amide bonds. The Kier molecular flexibility index (Phi) is 7.33. The highest BCUT2D eigenvalue weighted by Gasteiger charge is 2.27. The maximum Gasteiger partial charge on any atom is 0.328 e. The third-order valence-electron chi connectivity index (χ3n) is 5.01. The highest BCUT2D eigenvalue weighted by atomic mass is 16.5. The normalized spacial score (nSPS) is 15.3. The van der Waals surface area contributed by atoms with Crippen molar-refractivity contribution in [3.63, 3.8) is 0 Å². The first-order valence-electron chi connectivity index (χ1n) is 9.48. The van der Waals surface area contributed by atoms with E-state index in [1.807, 2.05) is 0 Å². The maximum atomic E-state index is 12.9. The van der Waals surface area contributed by atoms with E-state index in [0.29, 0.717) is 6.29 Å². The molecule has 0 radical (unpaired) electrons. The average molecular weight is 376 g/mol. The van der Waals surface area contributed by atoms with Crippen LogP contribution in [0.25, 0.3) is 0 Å². The Morgan fingerprint density at radius 2 is 1.89 bits per heavy atom. The second kappa shape index (κ2) is 9.48. The summed E-state index contributed by atoms with van der Waals surface area (Å²) in [6.07, 6.45) is 6.28. The largest absolute Gasteiger partial charge is 0.467 e. The molecule has 1 aliphatic carbocycles. The Bertz CT molecular complexity index is 766. The number of esters is 1. The van der Waals surface area contributed by atoms with E-state index >= 15 is 0 Å². The standard InChI is InChI=1S/C20H28N2O5/c1-13(2)17(20(26)27-3)21-18(24)15-12-14-8-6-4-5-7-9-16(14)22(10-11-23)19(15)25/h11-13,17H,4-10H2,1-3H3,(H,21,24)/t17-/m0/s1. The summed E-state index contributed by atoms with van der Waals surface area (Å²) >= 11 is 0. The Morgan fingerprint density at radius 3 is 2.48 bits per heavy atom. The Hall–Kier alpha value is -2.44. The molecular weight excluding hydrogens is 348 g/mol. The van der Waals surface area contributed by atoms with Crippen molar-refractivity contribution < 1.29 is 19.1 Å². The van der Waals surface area contributed by atoms with Gasteiger partial charge in [-0.05, 0) is 43.2 Å². The number of aldehydes is 1. The van der Waals surface area contributed by atoms with Crippen molar-refractivity contribution in [2.45, 2.75) is 65.0 Å². The molecule has 0 spiro atoms. The van der Waals surface area contributed by atoms with Crippen LogP contribution in [0.5, 0.6) is 0 Å². The second-order valence-corrected chi connectivity index (χ2v) is 7.24. The number of nitrogens with one attached hydrogen (secondary N) is 1. The van der Waals surface area contributed by atoms with E-state index in [1.165, 1.54) is 11.7 Å². The first-order chi connectivity index (χ1) is 12.9. The van der Waals surface area contributed by atoms with E-state index in [0.717, 1.165) is 49.8 Å². The van der Waals surface area contributed by atoms with Crippen LogP contribution in [0, 0.1) is 5.92 Å². The molecule has 7 heteroatoms. The topological polar surface area (TPSA) is 94.5 Å². The van der Waals surface area contributed by atoms with Gasteiger partial charge in [-0.1, -0.05) is 26.7 Å². The fourth-order valence-corrected chi connectivity index (χ4v) is 3.51. The summed E-state index contributed by atoms with van der Waals surface area (Å²) in [5.41, 5.74) is 1.24. The minimum atomic E-state index is -0.844. The number of amides is 1. The lowest BCUT2D eigenvalue weighted by atomic mass is 9.95. The number of fused-ring (bicyclic) bond motifs is 1. The molecular formula is C20H28N2O5. The summed E-state index contributed by atoms with van der Waals surface area (Å²) in [6, 6.07) is 0.789. The van der Waals surface area contributed by atoms with Crippen LogP contribution in [0.1, 0.15) is 61.1 Å². The van der Waals surface area contributed by atoms with E-state index in [9.17, 15) is 19.2 Å². The zero-order chi connectivity index (χ0) is 20.0. The first-order valence-corrected chi connectivity index (χ1v) is 9.48. The molecule has 0 saturated carbocycles. The van der Waals surface area contributed by atoms with Gasteiger partial charge >= 0.3 is 5.97 Å². The molecule has 0 aromatic carbocycles. The number of aromatic nitrogens is 1. The molecule has 0 saturated heterocycles. The summed E-state index contributed by atoms with van der Waals surface area (Å²) in [4.78, 5) is 48.7. The number of carbonyl (C=O) groups excluding carboxylic acids is 3. The van der Waals surface area contributed by atoms with E-state index in [4.69, 9.17) is 4.74 Å². The van der Waals surface area contributed by atoms with Gasteiger partial charge in [0.1, 0.15) is 17.9 Å². The molecule has 1 heterocycles. The lowest BCUT2D eigenvalue weighted by Crippen LogP contribution is -2.47. The van der Waals surface area contributed by atoms with Gasteiger partial charge in [-0.3, -0.25) is 9.59 Å². The lowest BCUT2D eigenvalue weighted by Gasteiger charge is -2.22. The SMILES string of the molecule is COC(=O)[C@@H](NC(=O)c1cc2c(n(CC=O)c1=O)CCCCCC2)C(C)C. The fraction of sp³-hybridized carbons (Fsp3) is 0.600. The van der Waals surface area contributed by atoms with E-state index in [1.54, 1.807) is 19.9 Å². The first kappa shape index (κ1) is 20.9. The molecule has 1 N–H and O–H groups in total.